The summed E-state index contributed by atoms with van der Waals surface area (Å²) in [4.78, 5) is 11.9. The Morgan fingerprint density at radius 2 is 2.10 bits per heavy atom. The molecule has 0 unspecified atom stereocenters. The second-order valence-corrected chi connectivity index (χ2v) is 4.71. The molecule has 0 fully saturated rings. The molecule has 0 aliphatic carbocycles. The monoisotopic (exact) mass is 293 g/mol. The number of nitrogens with zero attached hydrogens (tertiary/aromatic N) is 5. The molecule has 0 aliphatic rings. The standard InChI is InChI=1S/C13H19N5O3/c1-9-7-11(17(3)15-9)8-18-10(2)12(14-16-18)13(19)21-6-5-20-4/h7H,5-6,8H2,1-4H3. The van der Waals surface area contributed by atoms with E-state index in [1.807, 2.05) is 20.0 Å². The number of aromatic nitrogens is 5. The number of aryl methyl sites for hydroxylation is 2. The van der Waals surface area contributed by atoms with E-state index >= 15 is 0 Å². The number of ether oxygens (including phenoxy) is 2. The molecule has 0 aliphatic heterocycles. The van der Waals surface area contributed by atoms with E-state index in [0.717, 1.165) is 11.4 Å². The lowest BCUT2D eigenvalue weighted by molar-refractivity contribution is 0.0380. The molecule has 8 nitrogen and oxygen atoms in total. The fraction of sp³-hybridized carbons (Fsp3) is 0.538. The number of methoxy groups -OCH3 is 1. The lowest BCUT2D eigenvalue weighted by Gasteiger charge is -2.05. The van der Waals surface area contributed by atoms with Gasteiger partial charge < -0.3 is 9.47 Å². The summed E-state index contributed by atoms with van der Waals surface area (Å²) < 4.78 is 13.3. The molecule has 0 N–H and O–H groups in total. The molecule has 2 aromatic rings. The maximum absolute atomic E-state index is 11.9. The highest BCUT2D eigenvalue weighted by atomic mass is 16.6. The maximum Gasteiger partial charge on any atom is 0.360 e. The van der Waals surface area contributed by atoms with Crippen molar-refractivity contribution in [3.63, 3.8) is 0 Å². The molecular weight excluding hydrogens is 274 g/mol. The number of rotatable bonds is 6. The van der Waals surface area contributed by atoms with Crippen molar-refractivity contribution in [3.8, 4) is 0 Å². The molecule has 2 rings (SSSR count). The second kappa shape index (κ2) is 6.49. The van der Waals surface area contributed by atoms with Gasteiger partial charge in [0.2, 0.25) is 0 Å². The topological polar surface area (TPSA) is 84.1 Å². The quantitative estimate of drug-likeness (QED) is 0.569. The van der Waals surface area contributed by atoms with Gasteiger partial charge in [-0.25, -0.2) is 9.48 Å². The van der Waals surface area contributed by atoms with Crippen LogP contribution >= 0.6 is 0 Å². The van der Waals surface area contributed by atoms with Gasteiger partial charge in [0, 0.05) is 14.2 Å². The molecule has 2 aromatic heterocycles. The predicted molar refractivity (Wildman–Crippen MR) is 74.0 cm³/mol. The number of hydrogen-bond acceptors (Lipinski definition) is 6. The van der Waals surface area contributed by atoms with Gasteiger partial charge in [0.1, 0.15) is 6.61 Å². The average Bonchev–Trinajstić information content (AvgIpc) is 2.94. The van der Waals surface area contributed by atoms with Gasteiger partial charge in [-0.2, -0.15) is 5.10 Å². The highest BCUT2D eigenvalue weighted by Gasteiger charge is 2.18. The van der Waals surface area contributed by atoms with Crippen LogP contribution < -0.4 is 0 Å². The van der Waals surface area contributed by atoms with Gasteiger partial charge in [-0.3, -0.25) is 4.68 Å². The van der Waals surface area contributed by atoms with Crippen LogP contribution in [0.15, 0.2) is 6.07 Å². The van der Waals surface area contributed by atoms with Crippen molar-refractivity contribution >= 4 is 5.97 Å². The first-order valence-corrected chi connectivity index (χ1v) is 6.58. The number of hydrogen-bond donors (Lipinski definition) is 0. The van der Waals surface area contributed by atoms with Crippen LogP contribution in [0.3, 0.4) is 0 Å². The van der Waals surface area contributed by atoms with Crippen LogP contribution in [0.2, 0.25) is 0 Å². The molecule has 0 spiro atoms. The zero-order valence-electron chi connectivity index (χ0n) is 12.7. The van der Waals surface area contributed by atoms with Gasteiger partial charge in [0.15, 0.2) is 5.69 Å². The maximum atomic E-state index is 11.9. The lowest BCUT2D eigenvalue weighted by Crippen LogP contribution is -2.12. The van der Waals surface area contributed by atoms with E-state index in [0.29, 0.717) is 18.8 Å². The van der Waals surface area contributed by atoms with Crippen LogP contribution in [0.5, 0.6) is 0 Å². The van der Waals surface area contributed by atoms with Gasteiger partial charge in [0.05, 0.1) is 30.2 Å². The lowest BCUT2D eigenvalue weighted by atomic mass is 10.3. The van der Waals surface area contributed by atoms with E-state index in [1.165, 1.54) is 0 Å². The van der Waals surface area contributed by atoms with Gasteiger partial charge in [-0.15, -0.1) is 5.10 Å². The highest BCUT2D eigenvalue weighted by Crippen LogP contribution is 2.09. The van der Waals surface area contributed by atoms with Crippen molar-refractivity contribution in [1.29, 1.82) is 0 Å². The van der Waals surface area contributed by atoms with Gasteiger partial charge >= 0.3 is 5.97 Å². The fourth-order valence-corrected chi connectivity index (χ4v) is 1.95. The normalized spacial score (nSPS) is 10.9. The smallest absolute Gasteiger partial charge is 0.360 e. The van der Waals surface area contributed by atoms with E-state index in [2.05, 4.69) is 15.4 Å². The van der Waals surface area contributed by atoms with Gasteiger partial charge in [-0.05, 0) is 19.9 Å². The molecular formula is C13H19N5O3. The summed E-state index contributed by atoms with van der Waals surface area (Å²) >= 11 is 0. The molecule has 8 heteroatoms. The Morgan fingerprint density at radius 3 is 2.71 bits per heavy atom. The zero-order chi connectivity index (χ0) is 15.4. The van der Waals surface area contributed by atoms with Crippen molar-refractivity contribution in [2.75, 3.05) is 20.3 Å². The van der Waals surface area contributed by atoms with E-state index in [1.54, 1.807) is 23.4 Å². The third kappa shape index (κ3) is 3.46. The Balaban J connectivity index is 2.09. The molecule has 0 bridgehead atoms. The minimum absolute atomic E-state index is 0.197. The van der Waals surface area contributed by atoms with Crippen molar-refractivity contribution in [2.45, 2.75) is 20.4 Å². The Hall–Kier alpha value is -2.22. The molecule has 114 valence electrons. The third-order valence-corrected chi connectivity index (χ3v) is 3.11. The third-order valence-electron chi connectivity index (χ3n) is 3.11. The van der Waals surface area contributed by atoms with Crippen LogP contribution in [0.1, 0.15) is 27.6 Å². The second-order valence-electron chi connectivity index (χ2n) is 4.71. The summed E-state index contributed by atoms with van der Waals surface area (Å²) in [6.07, 6.45) is 0. The van der Waals surface area contributed by atoms with Crippen LogP contribution in [0.4, 0.5) is 0 Å². The number of carbonyl (C=O) groups is 1. The van der Waals surface area contributed by atoms with Gasteiger partial charge in [-0.1, -0.05) is 5.21 Å². The van der Waals surface area contributed by atoms with E-state index in [4.69, 9.17) is 9.47 Å². The molecule has 0 radical (unpaired) electrons. The van der Waals surface area contributed by atoms with E-state index in [-0.39, 0.29) is 12.3 Å². The minimum Gasteiger partial charge on any atom is -0.458 e. The fourth-order valence-electron chi connectivity index (χ4n) is 1.95. The largest absolute Gasteiger partial charge is 0.458 e. The van der Waals surface area contributed by atoms with Crippen molar-refractivity contribution < 1.29 is 14.3 Å². The summed E-state index contributed by atoms with van der Waals surface area (Å²) in [6, 6.07) is 1.97. The first-order chi connectivity index (χ1) is 10.0. The zero-order valence-corrected chi connectivity index (χ0v) is 12.7. The predicted octanol–water partition coefficient (Wildman–Crippen LogP) is 0.480. The van der Waals surface area contributed by atoms with Crippen molar-refractivity contribution in [2.24, 2.45) is 7.05 Å². The van der Waals surface area contributed by atoms with Crippen LogP contribution in [-0.4, -0.2) is 51.1 Å². The molecule has 21 heavy (non-hydrogen) atoms. The first kappa shape index (κ1) is 15.2. The Morgan fingerprint density at radius 1 is 1.33 bits per heavy atom. The summed E-state index contributed by atoms with van der Waals surface area (Å²) in [7, 11) is 3.42. The number of carbonyl (C=O) groups excluding carboxylic acids is 1. The molecule has 0 saturated heterocycles. The van der Waals surface area contributed by atoms with Crippen molar-refractivity contribution in [1.82, 2.24) is 24.8 Å². The molecule has 2 heterocycles. The van der Waals surface area contributed by atoms with E-state index < -0.39 is 5.97 Å². The van der Waals surface area contributed by atoms with Crippen molar-refractivity contribution in [3.05, 3.63) is 28.8 Å². The van der Waals surface area contributed by atoms with Gasteiger partial charge in [0.25, 0.3) is 0 Å². The van der Waals surface area contributed by atoms with Crippen LogP contribution in [0.25, 0.3) is 0 Å². The molecule has 0 aromatic carbocycles. The summed E-state index contributed by atoms with van der Waals surface area (Å²) in [5, 5.41) is 12.2. The Kier molecular flexibility index (Phi) is 4.69. The average molecular weight is 293 g/mol. The Labute approximate surface area is 122 Å². The number of esters is 1. The first-order valence-electron chi connectivity index (χ1n) is 6.58. The highest BCUT2D eigenvalue weighted by molar-refractivity contribution is 5.88. The summed E-state index contributed by atoms with van der Waals surface area (Å²) in [5.74, 6) is -0.489. The van der Waals surface area contributed by atoms with Crippen LogP contribution in [-0.2, 0) is 23.1 Å². The molecule has 0 amide bonds. The minimum atomic E-state index is -0.489. The SMILES string of the molecule is COCCOC(=O)c1nnn(Cc2cc(C)nn2C)c1C. The molecule has 0 saturated carbocycles. The Bertz CT molecular complexity index is 632. The summed E-state index contributed by atoms with van der Waals surface area (Å²) in [6.45, 7) is 4.77. The van der Waals surface area contributed by atoms with E-state index in [9.17, 15) is 4.79 Å². The van der Waals surface area contributed by atoms with Crippen LogP contribution in [0, 0.1) is 13.8 Å². The molecule has 0 atom stereocenters. The summed E-state index contributed by atoms with van der Waals surface area (Å²) in [5.41, 5.74) is 2.81.